The van der Waals surface area contributed by atoms with E-state index < -0.39 is 0 Å². The Morgan fingerprint density at radius 3 is 2.88 bits per heavy atom. The first-order valence-corrected chi connectivity index (χ1v) is 9.58. The van der Waals surface area contributed by atoms with Crippen LogP contribution >= 0.6 is 0 Å². The van der Waals surface area contributed by atoms with E-state index in [1.807, 2.05) is 0 Å². The van der Waals surface area contributed by atoms with Gasteiger partial charge in [0, 0.05) is 51.4 Å². The fourth-order valence-corrected chi connectivity index (χ4v) is 5.10. The summed E-state index contributed by atoms with van der Waals surface area (Å²) in [6.07, 6.45) is 13.5. The lowest BCUT2D eigenvalue weighted by Crippen LogP contribution is -2.59. The highest BCUT2D eigenvalue weighted by Gasteiger charge is 2.44. The highest BCUT2D eigenvalue weighted by molar-refractivity contribution is 5.76. The van der Waals surface area contributed by atoms with Crippen molar-refractivity contribution in [3.63, 3.8) is 0 Å². The molecule has 130 valence electrons. The summed E-state index contributed by atoms with van der Waals surface area (Å²) in [4.78, 5) is 17.6. The Morgan fingerprint density at radius 1 is 1.21 bits per heavy atom. The average molecular weight is 328 g/mol. The monoisotopic (exact) mass is 328 g/mol. The van der Waals surface area contributed by atoms with Gasteiger partial charge in [-0.1, -0.05) is 6.42 Å². The summed E-state index contributed by atoms with van der Waals surface area (Å²) in [6.45, 7) is 4.38. The van der Waals surface area contributed by atoms with Crippen LogP contribution < -0.4 is 0 Å². The number of fused-ring (bicyclic) bond motifs is 4. The SMILES string of the molecule is C#CCCC1(CCC(=O)N2C[C@@H]3C[C@H](C2)[C@@H]2CCCCN2C3)N=N1. The lowest BCUT2D eigenvalue weighted by molar-refractivity contribution is -0.138. The molecule has 0 aromatic heterocycles. The van der Waals surface area contributed by atoms with E-state index in [1.165, 1.54) is 38.8 Å². The van der Waals surface area contributed by atoms with E-state index in [4.69, 9.17) is 6.42 Å². The Labute approximate surface area is 144 Å². The van der Waals surface area contributed by atoms with Gasteiger partial charge in [0.1, 0.15) is 0 Å². The summed E-state index contributed by atoms with van der Waals surface area (Å²) < 4.78 is 0. The average Bonchev–Trinajstić information content (AvgIpc) is 3.38. The van der Waals surface area contributed by atoms with Crippen LogP contribution in [0.5, 0.6) is 0 Å². The lowest BCUT2D eigenvalue weighted by Gasteiger charge is -2.52. The van der Waals surface area contributed by atoms with Gasteiger partial charge < -0.3 is 4.90 Å². The van der Waals surface area contributed by atoms with E-state index in [0.717, 1.165) is 32.0 Å². The molecule has 5 heteroatoms. The summed E-state index contributed by atoms with van der Waals surface area (Å²) in [7, 11) is 0. The topological polar surface area (TPSA) is 48.3 Å². The molecular weight excluding hydrogens is 300 g/mol. The van der Waals surface area contributed by atoms with E-state index >= 15 is 0 Å². The van der Waals surface area contributed by atoms with Crippen LogP contribution in [-0.2, 0) is 4.79 Å². The molecule has 3 fully saturated rings. The van der Waals surface area contributed by atoms with Gasteiger partial charge in [0.05, 0.1) is 0 Å². The van der Waals surface area contributed by atoms with E-state index in [1.54, 1.807) is 0 Å². The molecule has 5 nitrogen and oxygen atoms in total. The van der Waals surface area contributed by atoms with Gasteiger partial charge in [-0.3, -0.25) is 9.69 Å². The molecule has 0 spiro atoms. The number of rotatable bonds is 5. The third kappa shape index (κ3) is 3.21. The van der Waals surface area contributed by atoms with E-state index in [9.17, 15) is 4.79 Å². The van der Waals surface area contributed by atoms with Crippen molar-refractivity contribution in [1.82, 2.24) is 9.80 Å². The smallest absolute Gasteiger partial charge is 0.222 e. The predicted molar refractivity (Wildman–Crippen MR) is 92.3 cm³/mol. The standard InChI is InChI=1S/C19H28N4O/c1-2-3-8-19(20-21-19)9-7-18(24)23-13-15-11-16(14-23)17-6-4-5-10-22(17)12-15/h1,15-17H,3-14H2/t15-,16-,17+/m1/s1. The molecule has 3 saturated heterocycles. The Morgan fingerprint density at radius 2 is 2.08 bits per heavy atom. The van der Waals surface area contributed by atoms with Crippen molar-refractivity contribution in [1.29, 1.82) is 0 Å². The fraction of sp³-hybridized carbons (Fsp3) is 0.842. The zero-order valence-electron chi connectivity index (χ0n) is 14.5. The number of amides is 1. The molecule has 1 amide bonds. The second-order valence-electron chi connectivity index (χ2n) is 8.11. The summed E-state index contributed by atoms with van der Waals surface area (Å²) in [5, 5.41) is 8.30. The molecule has 0 unspecified atom stereocenters. The molecule has 24 heavy (non-hydrogen) atoms. The van der Waals surface area contributed by atoms with Gasteiger partial charge in [-0.25, -0.2) is 0 Å². The van der Waals surface area contributed by atoms with Gasteiger partial charge in [0.2, 0.25) is 5.91 Å². The van der Waals surface area contributed by atoms with Crippen LogP contribution in [0.4, 0.5) is 0 Å². The molecule has 4 aliphatic heterocycles. The molecule has 4 aliphatic rings. The first-order chi connectivity index (χ1) is 11.7. The maximum atomic E-state index is 12.7. The number of piperidine rings is 3. The number of carbonyl (C=O) groups is 1. The van der Waals surface area contributed by atoms with Crippen LogP contribution in [0.1, 0.15) is 51.4 Å². The highest BCUT2D eigenvalue weighted by Crippen LogP contribution is 2.39. The number of hydrogen-bond acceptors (Lipinski definition) is 4. The van der Waals surface area contributed by atoms with Gasteiger partial charge in [-0.05, 0) is 37.6 Å². The second-order valence-corrected chi connectivity index (χ2v) is 8.11. The number of likely N-dealkylation sites (tertiary alicyclic amines) is 1. The third-order valence-corrected chi connectivity index (χ3v) is 6.42. The van der Waals surface area contributed by atoms with Crippen molar-refractivity contribution in [3.8, 4) is 12.3 Å². The van der Waals surface area contributed by atoms with Crippen LogP contribution in [0.25, 0.3) is 0 Å². The molecule has 0 N–H and O–H groups in total. The molecule has 0 aliphatic carbocycles. The van der Waals surface area contributed by atoms with E-state index in [-0.39, 0.29) is 5.66 Å². The Bertz CT molecular complexity index is 560. The van der Waals surface area contributed by atoms with Gasteiger partial charge in [0.25, 0.3) is 0 Å². The highest BCUT2D eigenvalue weighted by atomic mass is 16.2. The number of terminal acetylenes is 1. The molecule has 3 atom stereocenters. The second kappa shape index (κ2) is 6.48. The fourth-order valence-electron chi connectivity index (χ4n) is 5.10. The van der Waals surface area contributed by atoms with Crippen molar-refractivity contribution in [2.75, 3.05) is 26.2 Å². The minimum atomic E-state index is -0.326. The van der Waals surface area contributed by atoms with Gasteiger partial charge in [-0.2, -0.15) is 10.2 Å². The zero-order valence-corrected chi connectivity index (χ0v) is 14.5. The third-order valence-electron chi connectivity index (χ3n) is 6.42. The number of nitrogens with zero attached hydrogens (tertiary/aromatic N) is 4. The van der Waals surface area contributed by atoms with Crippen molar-refractivity contribution < 1.29 is 4.79 Å². The molecule has 0 aromatic carbocycles. The van der Waals surface area contributed by atoms with Gasteiger partial charge in [0.15, 0.2) is 5.66 Å². The number of carbonyl (C=O) groups excluding carboxylic acids is 1. The first-order valence-electron chi connectivity index (χ1n) is 9.58. The Balaban J connectivity index is 1.31. The molecule has 4 rings (SSSR count). The Kier molecular flexibility index (Phi) is 4.34. The van der Waals surface area contributed by atoms with Crippen LogP contribution in [0.15, 0.2) is 10.2 Å². The van der Waals surface area contributed by atoms with Gasteiger partial charge >= 0.3 is 0 Å². The molecule has 0 aromatic rings. The molecule has 4 heterocycles. The first kappa shape index (κ1) is 16.1. The molecule has 2 bridgehead atoms. The zero-order chi connectivity index (χ0) is 16.6. The maximum Gasteiger partial charge on any atom is 0.222 e. The summed E-state index contributed by atoms with van der Waals surface area (Å²) in [5.74, 6) is 4.31. The largest absolute Gasteiger partial charge is 0.342 e. The summed E-state index contributed by atoms with van der Waals surface area (Å²) >= 11 is 0. The minimum absolute atomic E-state index is 0.298. The molecule has 0 radical (unpaired) electrons. The van der Waals surface area contributed by atoms with Crippen LogP contribution in [0.2, 0.25) is 0 Å². The van der Waals surface area contributed by atoms with Crippen molar-refractivity contribution in [2.24, 2.45) is 22.1 Å². The normalized spacial score (nSPS) is 33.6. The molecular formula is C19H28N4O. The van der Waals surface area contributed by atoms with Crippen LogP contribution in [0, 0.1) is 24.2 Å². The van der Waals surface area contributed by atoms with Crippen LogP contribution in [-0.4, -0.2) is 53.6 Å². The van der Waals surface area contributed by atoms with Crippen molar-refractivity contribution in [2.45, 2.75) is 63.1 Å². The summed E-state index contributed by atoms with van der Waals surface area (Å²) in [5.41, 5.74) is -0.326. The Hall–Kier alpha value is -1.41. The summed E-state index contributed by atoms with van der Waals surface area (Å²) in [6, 6.07) is 0.723. The number of hydrogen-bond donors (Lipinski definition) is 0. The molecule has 0 saturated carbocycles. The predicted octanol–water partition coefficient (Wildman–Crippen LogP) is 2.67. The van der Waals surface area contributed by atoms with Crippen molar-refractivity contribution >= 4 is 5.91 Å². The minimum Gasteiger partial charge on any atom is -0.342 e. The lowest BCUT2D eigenvalue weighted by atomic mass is 9.76. The van der Waals surface area contributed by atoms with Gasteiger partial charge in [-0.15, -0.1) is 12.3 Å². The van der Waals surface area contributed by atoms with E-state index in [2.05, 4.69) is 25.9 Å². The quantitative estimate of drug-likeness (QED) is 0.729. The van der Waals surface area contributed by atoms with Crippen LogP contribution in [0.3, 0.4) is 0 Å². The van der Waals surface area contributed by atoms with E-state index in [0.29, 0.717) is 30.6 Å². The van der Waals surface area contributed by atoms with Crippen molar-refractivity contribution in [3.05, 3.63) is 0 Å². The maximum absolute atomic E-state index is 12.7.